The molecule has 0 spiro atoms. The predicted molar refractivity (Wildman–Crippen MR) is 72.7 cm³/mol. The summed E-state index contributed by atoms with van der Waals surface area (Å²) in [6.45, 7) is 13.9. The summed E-state index contributed by atoms with van der Waals surface area (Å²) in [6.07, 6.45) is 0. The van der Waals surface area contributed by atoms with E-state index in [1.807, 2.05) is 9.80 Å². The second kappa shape index (κ2) is 5.45. The number of piperazine rings is 2. The maximum Gasteiger partial charge on any atom is 0.320 e. The van der Waals surface area contributed by atoms with E-state index in [1.54, 1.807) is 0 Å². The van der Waals surface area contributed by atoms with Crippen molar-refractivity contribution in [3.8, 4) is 0 Å². The van der Waals surface area contributed by atoms with Crippen LogP contribution in [-0.4, -0.2) is 78.6 Å². The van der Waals surface area contributed by atoms with Crippen molar-refractivity contribution in [2.24, 2.45) is 0 Å². The quantitative estimate of drug-likeness (QED) is 0.681. The number of nitrogens with zero attached hydrogens (tertiary/aromatic N) is 3. The third kappa shape index (κ3) is 3.14. The van der Waals surface area contributed by atoms with Gasteiger partial charge in [0.1, 0.15) is 0 Å². The molecule has 2 aliphatic heterocycles. The Balaban J connectivity index is 1.83. The van der Waals surface area contributed by atoms with Gasteiger partial charge in [-0.2, -0.15) is 0 Å². The van der Waals surface area contributed by atoms with E-state index in [1.165, 1.54) is 0 Å². The zero-order chi connectivity index (χ0) is 13.2. The molecule has 2 saturated heterocycles. The monoisotopic (exact) mass is 254 g/mol. The van der Waals surface area contributed by atoms with Crippen LogP contribution in [0, 0.1) is 0 Å². The van der Waals surface area contributed by atoms with Gasteiger partial charge in [0.2, 0.25) is 0 Å². The van der Waals surface area contributed by atoms with Gasteiger partial charge in [-0.15, -0.1) is 0 Å². The van der Waals surface area contributed by atoms with Gasteiger partial charge in [-0.1, -0.05) is 0 Å². The fourth-order valence-electron chi connectivity index (χ4n) is 2.62. The molecule has 0 saturated carbocycles. The molecule has 2 fully saturated rings. The molecule has 0 aliphatic carbocycles. The molecule has 18 heavy (non-hydrogen) atoms. The van der Waals surface area contributed by atoms with Crippen LogP contribution in [0.4, 0.5) is 4.79 Å². The van der Waals surface area contributed by atoms with E-state index < -0.39 is 0 Å². The minimum Gasteiger partial charge on any atom is -0.322 e. The summed E-state index contributed by atoms with van der Waals surface area (Å²) in [7, 11) is 0. The number of hydrogen-bond acceptors (Lipinski definition) is 3. The largest absolute Gasteiger partial charge is 0.322 e. The van der Waals surface area contributed by atoms with Gasteiger partial charge in [-0.05, 0) is 20.8 Å². The summed E-state index contributed by atoms with van der Waals surface area (Å²) < 4.78 is 0. The van der Waals surface area contributed by atoms with Crippen LogP contribution >= 0.6 is 0 Å². The first-order valence-corrected chi connectivity index (χ1v) is 6.98. The molecular formula is C13H26N4O. The van der Waals surface area contributed by atoms with Crippen molar-refractivity contribution in [1.29, 1.82) is 0 Å². The molecule has 5 nitrogen and oxygen atoms in total. The van der Waals surface area contributed by atoms with Gasteiger partial charge >= 0.3 is 6.03 Å². The van der Waals surface area contributed by atoms with Crippen LogP contribution in [0.2, 0.25) is 0 Å². The summed E-state index contributed by atoms with van der Waals surface area (Å²) in [5.74, 6) is 0. The molecular weight excluding hydrogens is 228 g/mol. The number of rotatable bonds is 0. The van der Waals surface area contributed by atoms with E-state index in [4.69, 9.17) is 0 Å². The molecule has 0 bridgehead atoms. The van der Waals surface area contributed by atoms with Gasteiger partial charge in [0.05, 0.1) is 0 Å². The Kier molecular flexibility index (Phi) is 4.12. The summed E-state index contributed by atoms with van der Waals surface area (Å²) in [4.78, 5) is 18.8. The normalized spacial score (nSPS) is 23.3. The van der Waals surface area contributed by atoms with Gasteiger partial charge in [0, 0.05) is 57.9 Å². The second-order valence-electron chi connectivity index (χ2n) is 6.16. The van der Waals surface area contributed by atoms with Crippen molar-refractivity contribution < 1.29 is 4.79 Å². The third-order valence-corrected chi connectivity index (χ3v) is 3.89. The van der Waals surface area contributed by atoms with Crippen LogP contribution in [0.1, 0.15) is 20.8 Å². The zero-order valence-electron chi connectivity index (χ0n) is 11.9. The molecule has 0 aromatic heterocycles. The van der Waals surface area contributed by atoms with E-state index in [2.05, 4.69) is 31.0 Å². The Morgan fingerprint density at radius 1 is 0.889 bits per heavy atom. The van der Waals surface area contributed by atoms with E-state index >= 15 is 0 Å². The van der Waals surface area contributed by atoms with Crippen LogP contribution in [0.25, 0.3) is 0 Å². The average molecular weight is 254 g/mol. The molecule has 0 aromatic rings. The highest BCUT2D eigenvalue weighted by atomic mass is 16.2. The summed E-state index contributed by atoms with van der Waals surface area (Å²) in [5.41, 5.74) is 0.212. The molecule has 0 atom stereocenters. The van der Waals surface area contributed by atoms with Gasteiger partial charge in [-0.25, -0.2) is 4.79 Å². The van der Waals surface area contributed by atoms with E-state index in [-0.39, 0.29) is 11.6 Å². The topological polar surface area (TPSA) is 38.8 Å². The van der Waals surface area contributed by atoms with Gasteiger partial charge in [0.15, 0.2) is 0 Å². The van der Waals surface area contributed by atoms with Crippen molar-refractivity contribution in [2.75, 3.05) is 52.4 Å². The van der Waals surface area contributed by atoms with Crippen LogP contribution in [0.5, 0.6) is 0 Å². The molecule has 1 N–H and O–H groups in total. The highest BCUT2D eigenvalue weighted by molar-refractivity contribution is 5.74. The Morgan fingerprint density at radius 3 is 1.89 bits per heavy atom. The Bertz CT molecular complexity index is 286. The standard InChI is InChI=1S/C13H26N4O/c1-13(2,3)17-10-8-16(9-11-17)12(18)15-6-4-14-5-7-15/h14H,4-11H2,1-3H3. The fourth-order valence-corrected chi connectivity index (χ4v) is 2.62. The first-order valence-electron chi connectivity index (χ1n) is 6.98. The molecule has 2 amide bonds. The van der Waals surface area contributed by atoms with Crippen LogP contribution in [-0.2, 0) is 0 Å². The fraction of sp³-hybridized carbons (Fsp3) is 0.923. The first-order chi connectivity index (χ1) is 8.48. The number of carbonyl (C=O) groups is 1. The van der Waals surface area contributed by atoms with Crippen LogP contribution in [0.15, 0.2) is 0 Å². The molecule has 0 aromatic carbocycles. The highest BCUT2D eigenvalue weighted by Gasteiger charge is 2.29. The third-order valence-electron chi connectivity index (χ3n) is 3.89. The number of amides is 2. The van der Waals surface area contributed by atoms with Crippen molar-refractivity contribution in [3.05, 3.63) is 0 Å². The number of hydrogen-bond donors (Lipinski definition) is 1. The number of urea groups is 1. The summed E-state index contributed by atoms with van der Waals surface area (Å²) >= 11 is 0. The number of nitrogens with one attached hydrogen (secondary N) is 1. The minimum absolute atomic E-state index is 0.212. The van der Waals surface area contributed by atoms with Crippen LogP contribution in [0.3, 0.4) is 0 Å². The maximum absolute atomic E-state index is 12.3. The van der Waals surface area contributed by atoms with E-state index in [9.17, 15) is 4.79 Å². The highest BCUT2D eigenvalue weighted by Crippen LogP contribution is 2.16. The van der Waals surface area contributed by atoms with Crippen molar-refractivity contribution in [3.63, 3.8) is 0 Å². The van der Waals surface area contributed by atoms with Crippen LogP contribution < -0.4 is 5.32 Å². The number of carbonyl (C=O) groups excluding carboxylic acids is 1. The molecule has 5 heteroatoms. The van der Waals surface area contributed by atoms with Gasteiger partial charge in [-0.3, -0.25) is 4.90 Å². The Morgan fingerprint density at radius 2 is 1.39 bits per heavy atom. The average Bonchev–Trinajstić information content (AvgIpc) is 2.38. The van der Waals surface area contributed by atoms with Crippen molar-refractivity contribution in [1.82, 2.24) is 20.0 Å². The Hall–Kier alpha value is -0.810. The van der Waals surface area contributed by atoms with Gasteiger partial charge < -0.3 is 15.1 Å². The second-order valence-corrected chi connectivity index (χ2v) is 6.16. The lowest BCUT2D eigenvalue weighted by Gasteiger charge is -2.43. The van der Waals surface area contributed by atoms with Crippen molar-refractivity contribution >= 4 is 6.03 Å². The van der Waals surface area contributed by atoms with E-state index in [0.717, 1.165) is 52.4 Å². The maximum atomic E-state index is 12.3. The SMILES string of the molecule is CC(C)(C)N1CCN(C(=O)N2CCNCC2)CC1. The molecule has 104 valence electrons. The molecule has 2 aliphatic rings. The molecule has 2 rings (SSSR count). The molecule has 2 heterocycles. The molecule has 0 radical (unpaired) electrons. The smallest absolute Gasteiger partial charge is 0.320 e. The lowest BCUT2D eigenvalue weighted by Crippen LogP contribution is -2.58. The Labute approximate surface area is 110 Å². The van der Waals surface area contributed by atoms with Gasteiger partial charge in [0.25, 0.3) is 0 Å². The molecule has 0 unspecified atom stereocenters. The minimum atomic E-state index is 0.212. The summed E-state index contributed by atoms with van der Waals surface area (Å²) in [5, 5.41) is 3.28. The summed E-state index contributed by atoms with van der Waals surface area (Å²) in [6, 6.07) is 0.227. The lowest BCUT2D eigenvalue weighted by molar-refractivity contribution is 0.0628. The first kappa shape index (κ1) is 13.6. The van der Waals surface area contributed by atoms with Crippen molar-refractivity contribution in [2.45, 2.75) is 26.3 Å². The predicted octanol–water partition coefficient (Wildman–Crippen LogP) is 0.428. The van der Waals surface area contributed by atoms with E-state index in [0.29, 0.717) is 0 Å². The lowest BCUT2D eigenvalue weighted by atomic mass is 10.1. The zero-order valence-corrected chi connectivity index (χ0v) is 11.9.